The molecule has 0 aromatic heterocycles. The second-order valence-corrected chi connectivity index (χ2v) is 1.82. The summed E-state index contributed by atoms with van der Waals surface area (Å²) in [5.74, 6) is -1.82. The zero-order valence-electron chi connectivity index (χ0n) is 5.00. The summed E-state index contributed by atoms with van der Waals surface area (Å²) >= 11 is 0. The van der Waals surface area contributed by atoms with Gasteiger partial charge in [-0.15, -0.1) is 0 Å². The van der Waals surface area contributed by atoms with Crippen LogP contribution in [0.2, 0.25) is 0 Å². The third-order valence-corrected chi connectivity index (χ3v) is 1.14. The van der Waals surface area contributed by atoms with E-state index >= 15 is 0 Å². The van der Waals surface area contributed by atoms with Crippen molar-refractivity contribution in [3.63, 3.8) is 0 Å². The molecule has 0 bridgehead atoms. The monoisotopic (exact) mass is 139 g/mol. The van der Waals surface area contributed by atoms with E-state index in [1.54, 1.807) is 0 Å². The normalized spacial score (nSPS) is 18.4. The van der Waals surface area contributed by atoms with Crippen LogP contribution in [-0.2, 0) is 9.59 Å². The first-order chi connectivity index (χ1) is 4.63. The molecule has 10 heavy (non-hydrogen) atoms. The zero-order chi connectivity index (χ0) is 7.72. The van der Waals surface area contributed by atoms with E-state index in [9.17, 15) is 9.59 Å². The molecule has 0 heterocycles. The van der Waals surface area contributed by atoms with Crippen molar-refractivity contribution in [3.05, 3.63) is 23.6 Å². The van der Waals surface area contributed by atoms with Crippen molar-refractivity contribution in [3.8, 4) is 0 Å². The van der Waals surface area contributed by atoms with Crippen molar-refractivity contribution >= 4 is 11.6 Å². The number of rotatable bonds is 0. The summed E-state index contributed by atoms with van der Waals surface area (Å²) in [6.07, 6.45) is 2.01. The van der Waals surface area contributed by atoms with E-state index < -0.39 is 17.3 Å². The summed E-state index contributed by atoms with van der Waals surface area (Å²) < 4.78 is 0. The largest absolute Gasteiger partial charge is 0.503 e. The summed E-state index contributed by atoms with van der Waals surface area (Å²) in [6.45, 7) is 0. The molecule has 0 unspecified atom stereocenters. The van der Waals surface area contributed by atoms with E-state index in [-0.39, 0.29) is 5.70 Å². The van der Waals surface area contributed by atoms with Gasteiger partial charge >= 0.3 is 0 Å². The van der Waals surface area contributed by atoms with Gasteiger partial charge in [0.15, 0.2) is 5.76 Å². The fraction of sp³-hybridized carbons (Fsp3) is 0. The molecule has 0 aliphatic heterocycles. The first-order valence-electron chi connectivity index (χ1n) is 2.58. The molecule has 0 saturated heterocycles. The van der Waals surface area contributed by atoms with Crippen LogP contribution < -0.4 is 5.73 Å². The van der Waals surface area contributed by atoms with Crippen LogP contribution in [0.4, 0.5) is 0 Å². The molecule has 1 rings (SSSR count). The average molecular weight is 139 g/mol. The van der Waals surface area contributed by atoms with E-state index in [1.807, 2.05) is 0 Å². The Morgan fingerprint density at radius 1 is 1.20 bits per heavy atom. The summed E-state index contributed by atoms with van der Waals surface area (Å²) in [5, 5.41) is 8.75. The summed E-state index contributed by atoms with van der Waals surface area (Å²) in [7, 11) is 0. The minimum absolute atomic E-state index is 0.382. The van der Waals surface area contributed by atoms with Crippen LogP contribution in [0.5, 0.6) is 0 Å². The molecular weight excluding hydrogens is 134 g/mol. The van der Waals surface area contributed by atoms with Crippen LogP contribution in [0.25, 0.3) is 0 Å². The molecular formula is C6H5NO3. The SMILES string of the molecule is NC1=C(O)C(=O)C=CC1=O. The second kappa shape index (κ2) is 1.98. The smallest absolute Gasteiger partial charge is 0.222 e. The highest BCUT2D eigenvalue weighted by molar-refractivity contribution is 6.18. The molecule has 4 heteroatoms. The molecule has 0 atom stereocenters. The molecule has 1 aliphatic carbocycles. The third-order valence-electron chi connectivity index (χ3n) is 1.14. The van der Waals surface area contributed by atoms with Crippen LogP contribution in [0.15, 0.2) is 23.6 Å². The fourth-order valence-electron chi connectivity index (χ4n) is 0.570. The number of hydrogen-bond donors (Lipinski definition) is 2. The molecule has 0 aromatic carbocycles. The molecule has 0 radical (unpaired) electrons. The molecule has 0 spiro atoms. The number of aliphatic hydroxyl groups excluding tert-OH is 1. The molecule has 0 saturated carbocycles. The number of carbonyl (C=O) groups is 2. The lowest BCUT2D eigenvalue weighted by Gasteiger charge is -2.02. The zero-order valence-corrected chi connectivity index (χ0v) is 5.00. The Morgan fingerprint density at radius 3 is 2.20 bits per heavy atom. The van der Waals surface area contributed by atoms with Crippen molar-refractivity contribution in [1.82, 2.24) is 0 Å². The molecule has 0 aromatic rings. The Bertz CT molecular complexity index is 236. The highest BCUT2D eigenvalue weighted by Gasteiger charge is 2.18. The van der Waals surface area contributed by atoms with E-state index in [0.717, 1.165) is 12.2 Å². The van der Waals surface area contributed by atoms with E-state index in [1.165, 1.54) is 0 Å². The van der Waals surface area contributed by atoms with Gasteiger partial charge < -0.3 is 10.8 Å². The van der Waals surface area contributed by atoms with Gasteiger partial charge in [0, 0.05) is 0 Å². The van der Waals surface area contributed by atoms with Crippen LogP contribution in [0.1, 0.15) is 0 Å². The topological polar surface area (TPSA) is 80.4 Å². The van der Waals surface area contributed by atoms with E-state index in [0.29, 0.717) is 0 Å². The first kappa shape index (κ1) is 6.54. The van der Waals surface area contributed by atoms with Crippen LogP contribution >= 0.6 is 0 Å². The molecule has 4 nitrogen and oxygen atoms in total. The number of hydrogen-bond acceptors (Lipinski definition) is 4. The minimum atomic E-state index is -0.660. The van der Waals surface area contributed by atoms with Crippen LogP contribution in [-0.4, -0.2) is 16.7 Å². The van der Waals surface area contributed by atoms with Gasteiger partial charge in [-0.1, -0.05) is 0 Å². The lowest BCUT2D eigenvalue weighted by molar-refractivity contribution is -0.117. The quantitative estimate of drug-likeness (QED) is 0.440. The Morgan fingerprint density at radius 2 is 1.70 bits per heavy atom. The molecule has 1 aliphatic rings. The van der Waals surface area contributed by atoms with Gasteiger partial charge in [-0.2, -0.15) is 0 Å². The highest BCUT2D eigenvalue weighted by atomic mass is 16.3. The lowest BCUT2D eigenvalue weighted by atomic mass is 10.1. The van der Waals surface area contributed by atoms with Gasteiger partial charge in [0.05, 0.1) is 0 Å². The number of nitrogens with two attached hydrogens (primary N) is 1. The van der Waals surface area contributed by atoms with Crippen LogP contribution in [0.3, 0.4) is 0 Å². The maximum Gasteiger partial charge on any atom is 0.222 e. The van der Waals surface area contributed by atoms with Crippen LogP contribution in [0, 0.1) is 0 Å². The Balaban J connectivity index is 3.12. The maximum atomic E-state index is 10.6. The van der Waals surface area contributed by atoms with Gasteiger partial charge in [-0.05, 0) is 12.2 Å². The van der Waals surface area contributed by atoms with Gasteiger partial charge in [-0.3, -0.25) is 9.59 Å². The third kappa shape index (κ3) is 0.793. The highest BCUT2D eigenvalue weighted by Crippen LogP contribution is 2.05. The Kier molecular flexibility index (Phi) is 1.30. The van der Waals surface area contributed by atoms with Gasteiger partial charge in [0.2, 0.25) is 11.6 Å². The maximum absolute atomic E-state index is 10.6. The second-order valence-electron chi connectivity index (χ2n) is 1.82. The first-order valence-corrected chi connectivity index (χ1v) is 2.58. The number of carbonyl (C=O) groups excluding carboxylic acids is 2. The summed E-state index contributed by atoms with van der Waals surface area (Å²) in [6, 6.07) is 0. The average Bonchev–Trinajstić information content (AvgIpc) is 1.93. The number of allylic oxidation sites excluding steroid dienone is 2. The molecule has 52 valence electrons. The number of ketones is 2. The van der Waals surface area contributed by atoms with Crippen molar-refractivity contribution in [1.29, 1.82) is 0 Å². The molecule has 3 N–H and O–H groups in total. The van der Waals surface area contributed by atoms with Gasteiger partial charge in [-0.25, -0.2) is 0 Å². The summed E-state index contributed by atoms with van der Waals surface area (Å²) in [4.78, 5) is 21.1. The van der Waals surface area contributed by atoms with Crippen molar-refractivity contribution in [2.24, 2.45) is 5.73 Å². The predicted molar refractivity (Wildman–Crippen MR) is 33.0 cm³/mol. The fourth-order valence-corrected chi connectivity index (χ4v) is 0.570. The van der Waals surface area contributed by atoms with Crippen molar-refractivity contribution in [2.75, 3.05) is 0 Å². The van der Waals surface area contributed by atoms with Crippen molar-refractivity contribution < 1.29 is 14.7 Å². The summed E-state index contributed by atoms with van der Waals surface area (Å²) in [5.41, 5.74) is 4.64. The molecule has 0 amide bonds. The Labute approximate surface area is 56.6 Å². The minimum Gasteiger partial charge on any atom is -0.503 e. The standard InChI is InChI=1S/C6H5NO3/c7-5-3(8)1-2-4(9)6(5)10/h1-2,10H,7H2. The number of aliphatic hydroxyl groups is 1. The predicted octanol–water partition coefficient (Wildman–Crippen LogP) is -0.577. The molecule has 0 fully saturated rings. The lowest BCUT2D eigenvalue weighted by Crippen LogP contribution is -2.19. The van der Waals surface area contributed by atoms with Gasteiger partial charge in [0.25, 0.3) is 0 Å². The van der Waals surface area contributed by atoms with E-state index in [2.05, 4.69) is 0 Å². The van der Waals surface area contributed by atoms with Crippen molar-refractivity contribution in [2.45, 2.75) is 0 Å². The van der Waals surface area contributed by atoms with Gasteiger partial charge in [0.1, 0.15) is 5.70 Å². The van der Waals surface area contributed by atoms with E-state index in [4.69, 9.17) is 10.8 Å². The Hall–Kier alpha value is -1.58.